The smallest absolute Gasteiger partial charge is 0.258 e. The van der Waals surface area contributed by atoms with Gasteiger partial charge in [0, 0.05) is 19.6 Å². The highest BCUT2D eigenvalue weighted by atomic mass is 16.5. The maximum absolute atomic E-state index is 12.8. The monoisotopic (exact) mass is 404 g/mol. The number of aromatic nitrogens is 2. The van der Waals surface area contributed by atoms with Crippen molar-refractivity contribution in [1.82, 2.24) is 15.3 Å². The van der Waals surface area contributed by atoms with Crippen LogP contribution in [0.15, 0.2) is 54.6 Å². The van der Waals surface area contributed by atoms with Gasteiger partial charge in [-0.15, -0.1) is 0 Å². The summed E-state index contributed by atoms with van der Waals surface area (Å²) in [6.45, 7) is 4.68. The number of nitrogens with zero attached hydrogens (tertiary/aromatic N) is 3. The lowest BCUT2D eigenvalue weighted by Crippen LogP contribution is -2.43. The Bertz CT molecular complexity index is 993. The van der Waals surface area contributed by atoms with Crippen LogP contribution >= 0.6 is 0 Å². The van der Waals surface area contributed by atoms with E-state index in [9.17, 15) is 4.79 Å². The van der Waals surface area contributed by atoms with Crippen LogP contribution in [0, 0.1) is 5.92 Å². The van der Waals surface area contributed by atoms with E-state index >= 15 is 0 Å². The van der Waals surface area contributed by atoms with Gasteiger partial charge in [0.1, 0.15) is 0 Å². The third-order valence-electron chi connectivity index (χ3n) is 5.37. The first-order valence-corrected chi connectivity index (χ1v) is 10.7. The highest BCUT2D eigenvalue weighted by Gasteiger charge is 2.28. The van der Waals surface area contributed by atoms with Crippen molar-refractivity contribution in [2.75, 3.05) is 24.6 Å². The molecule has 1 saturated heterocycles. The number of nitrogens with one attached hydrogen (secondary N) is 1. The van der Waals surface area contributed by atoms with Crippen molar-refractivity contribution in [2.24, 2.45) is 5.92 Å². The largest absolute Gasteiger partial charge is 0.475 e. The molecule has 156 valence electrons. The van der Waals surface area contributed by atoms with Crippen molar-refractivity contribution in [1.29, 1.82) is 0 Å². The lowest BCUT2D eigenvalue weighted by atomic mass is 9.97. The molecule has 1 N–H and O–H groups in total. The normalized spacial score (nSPS) is 16.4. The number of piperidine rings is 1. The van der Waals surface area contributed by atoms with E-state index in [0.29, 0.717) is 25.6 Å². The molecule has 3 aromatic rings. The predicted octanol–water partition coefficient (Wildman–Crippen LogP) is 3.95. The number of rotatable bonds is 7. The summed E-state index contributed by atoms with van der Waals surface area (Å²) in [5.41, 5.74) is 2.77. The SMILES string of the molecule is CCCOc1nc2ccccc2nc1N1CCCC(C(=O)NCc2ccccc2)C1. The summed E-state index contributed by atoms with van der Waals surface area (Å²) < 4.78 is 5.93. The van der Waals surface area contributed by atoms with Gasteiger partial charge < -0.3 is 15.0 Å². The average molecular weight is 405 g/mol. The van der Waals surface area contributed by atoms with Gasteiger partial charge in [0.05, 0.1) is 23.6 Å². The number of fused-ring (bicyclic) bond motifs is 1. The van der Waals surface area contributed by atoms with Crippen LogP contribution in [0.4, 0.5) is 5.82 Å². The van der Waals surface area contributed by atoms with Crippen LogP contribution in [0.1, 0.15) is 31.7 Å². The number of para-hydroxylation sites is 2. The Morgan fingerprint density at radius 3 is 2.60 bits per heavy atom. The Balaban J connectivity index is 1.50. The minimum atomic E-state index is -0.0743. The van der Waals surface area contributed by atoms with Crippen LogP contribution in [-0.4, -0.2) is 35.6 Å². The highest BCUT2D eigenvalue weighted by Crippen LogP contribution is 2.30. The van der Waals surface area contributed by atoms with Crippen molar-refractivity contribution < 1.29 is 9.53 Å². The summed E-state index contributed by atoms with van der Waals surface area (Å²) in [5.74, 6) is 1.31. The van der Waals surface area contributed by atoms with Gasteiger partial charge in [-0.2, -0.15) is 0 Å². The first-order valence-electron chi connectivity index (χ1n) is 10.7. The predicted molar refractivity (Wildman–Crippen MR) is 119 cm³/mol. The molecule has 0 aliphatic carbocycles. The van der Waals surface area contributed by atoms with E-state index < -0.39 is 0 Å². The maximum Gasteiger partial charge on any atom is 0.258 e. The minimum absolute atomic E-state index is 0.0743. The van der Waals surface area contributed by atoms with Crippen LogP contribution in [0.2, 0.25) is 0 Å². The van der Waals surface area contributed by atoms with Crippen molar-refractivity contribution in [2.45, 2.75) is 32.7 Å². The molecule has 2 aromatic carbocycles. The fourth-order valence-corrected chi connectivity index (χ4v) is 3.79. The Labute approximate surface area is 177 Å². The molecular weight excluding hydrogens is 376 g/mol. The van der Waals surface area contributed by atoms with E-state index in [1.54, 1.807) is 0 Å². The number of hydrogen-bond acceptors (Lipinski definition) is 5. The number of anilines is 1. The zero-order chi connectivity index (χ0) is 20.8. The number of hydrogen-bond donors (Lipinski definition) is 1. The second kappa shape index (κ2) is 9.57. The Morgan fingerprint density at radius 2 is 1.83 bits per heavy atom. The minimum Gasteiger partial charge on any atom is -0.475 e. The molecule has 1 unspecified atom stereocenters. The fourth-order valence-electron chi connectivity index (χ4n) is 3.79. The van der Waals surface area contributed by atoms with Crippen molar-refractivity contribution in [3.63, 3.8) is 0 Å². The zero-order valence-corrected chi connectivity index (χ0v) is 17.4. The molecule has 1 fully saturated rings. The van der Waals surface area contributed by atoms with Crippen LogP contribution in [-0.2, 0) is 11.3 Å². The van der Waals surface area contributed by atoms with Gasteiger partial charge in [-0.05, 0) is 37.0 Å². The lowest BCUT2D eigenvalue weighted by molar-refractivity contribution is -0.125. The lowest BCUT2D eigenvalue weighted by Gasteiger charge is -2.33. The van der Waals surface area contributed by atoms with Gasteiger partial charge in [-0.1, -0.05) is 49.4 Å². The summed E-state index contributed by atoms with van der Waals surface area (Å²) in [5, 5.41) is 3.09. The average Bonchev–Trinajstić information content (AvgIpc) is 2.81. The molecule has 1 amide bonds. The third kappa shape index (κ3) is 4.70. The van der Waals surface area contributed by atoms with E-state index in [0.717, 1.165) is 48.2 Å². The molecule has 6 heteroatoms. The van der Waals surface area contributed by atoms with E-state index in [2.05, 4.69) is 17.1 Å². The fraction of sp³-hybridized carbons (Fsp3) is 0.375. The Hall–Kier alpha value is -3.15. The number of benzene rings is 2. The molecule has 0 spiro atoms. The topological polar surface area (TPSA) is 67.4 Å². The molecule has 1 aromatic heterocycles. The Morgan fingerprint density at radius 1 is 1.10 bits per heavy atom. The molecule has 1 atom stereocenters. The molecule has 0 bridgehead atoms. The van der Waals surface area contributed by atoms with Crippen LogP contribution < -0.4 is 15.0 Å². The summed E-state index contributed by atoms with van der Waals surface area (Å²) >= 11 is 0. The molecule has 0 radical (unpaired) electrons. The molecule has 1 aliphatic heterocycles. The molecule has 30 heavy (non-hydrogen) atoms. The number of ether oxygens (including phenoxy) is 1. The third-order valence-corrected chi connectivity index (χ3v) is 5.37. The van der Waals surface area contributed by atoms with Crippen LogP contribution in [0.3, 0.4) is 0 Å². The summed E-state index contributed by atoms with van der Waals surface area (Å²) in [6.07, 6.45) is 2.72. The van der Waals surface area contributed by atoms with Crippen molar-refractivity contribution >= 4 is 22.8 Å². The van der Waals surface area contributed by atoms with Gasteiger partial charge in [0.15, 0.2) is 5.82 Å². The summed E-state index contributed by atoms with van der Waals surface area (Å²) in [6, 6.07) is 17.8. The van der Waals surface area contributed by atoms with Gasteiger partial charge in [0.2, 0.25) is 5.91 Å². The molecule has 1 aliphatic rings. The summed E-state index contributed by atoms with van der Waals surface area (Å²) in [4.78, 5) is 24.5. The van der Waals surface area contributed by atoms with Crippen molar-refractivity contribution in [3.05, 3.63) is 60.2 Å². The zero-order valence-electron chi connectivity index (χ0n) is 17.4. The van der Waals surface area contributed by atoms with E-state index in [-0.39, 0.29) is 11.8 Å². The van der Waals surface area contributed by atoms with E-state index in [4.69, 9.17) is 14.7 Å². The van der Waals surface area contributed by atoms with Gasteiger partial charge in [0.25, 0.3) is 5.88 Å². The first kappa shape index (κ1) is 20.1. The highest BCUT2D eigenvalue weighted by molar-refractivity contribution is 5.80. The molecular formula is C24H28N4O2. The van der Waals surface area contributed by atoms with Crippen LogP contribution in [0.25, 0.3) is 11.0 Å². The summed E-state index contributed by atoms with van der Waals surface area (Å²) in [7, 11) is 0. The van der Waals surface area contributed by atoms with Gasteiger partial charge >= 0.3 is 0 Å². The van der Waals surface area contributed by atoms with Crippen LogP contribution in [0.5, 0.6) is 5.88 Å². The van der Waals surface area contributed by atoms with E-state index in [1.165, 1.54) is 0 Å². The number of carbonyl (C=O) groups excluding carboxylic acids is 1. The quantitative estimate of drug-likeness (QED) is 0.646. The molecule has 6 nitrogen and oxygen atoms in total. The number of carbonyl (C=O) groups is 1. The molecule has 2 heterocycles. The van der Waals surface area contributed by atoms with Crippen molar-refractivity contribution in [3.8, 4) is 5.88 Å². The van der Waals surface area contributed by atoms with Gasteiger partial charge in [-0.3, -0.25) is 4.79 Å². The van der Waals surface area contributed by atoms with Gasteiger partial charge in [-0.25, -0.2) is 9.97 Å². The second-order valence-electron chi connectivity index (χ2n) is 7.68. The van der Waals surface area contributed by atoms with E-state index in [1.807, 2.05) is 54.6 Å². The Kier molecular flexibility index (Phi) is 6.42. The number of amides is 1. The second-order valence-corrected chi connectivity index (χ2v) is 7.68. The first-order chi connectivity index (χ1) is 14.7. The molecule has 0 saturated carbocycles. The standard InChI is InChI=1S/C24H28N4O2/c1-2-15-30-24-22(26-20-12-6-7-13-21(20)27-24)28-14-8-11-19(17-28)23(29)25-16-18-9-4-3-5-10-18/h3-7,9-10,12-13,19H,2,8,11,14-17H2,1H3,(H,25,29). The molecule has 4 rings (SSSR count). The maximum atomic E-state index is 12.8.